The number of methoxy groups -OCH3 is 1. The molecule has 1 amide bonds. The van der Waals surface area contributed by atoms with E-state index in [0.717, 1.165) is 17.7 Å². The van der Waals surface area contributed by atoms with E-state index in [2.05, 4.69) is 11.2 Å². The predicted molar refractivity (Wildman–Crippen MR) is 111 cm³/mol. The van der Waals surface area contributed by atoms with Gasteiger partial charge in [-0.3, -0.25) is 4.79 Å². The van der Waals surface area contributed by atoms with E-state index < -0.39 is 5.97 Å². The van der Waals surface area contributed by atoms with Crippen molar-refractivity contribution < 1.29 is 19.4 Å². The summed E-state index contributed by atoms with van der Waals surface area (Å²) < 4.78 is 5.24. The van der Waals surface area contributed by atoms with Crippen molar-refractivity contribution in [2.45, 2.75) is 12.8 Å². The van der Waals surface area contributed by atoms with Gasteiger partial charge in [0, 0.05) is 5.92 Å². The summed E-state index contributed by atoms with van der Waals surface area (Å²) >= 11 is 6.32. The molecule has 2 aliphatic rings. The van der Waals surface area contributed by atoms with E-state index in [9.17, 15) is 9.59 Å². The third-order valence-corrected chi connectivity index (χ3v) is 5.62. The lowest BCUT2D eigenvalue weighted by atomic mass is 9.76. The van der Waals surface area contributed by atoms with Crippen molar-refractivity contribution in [2.24, 2.45) is 16.9 Å². The van der Waals surface area contributed by atoms with Crippen LogP contribution in [0.4, 0.5) is 5.69 Å². The summed E-state index contributed by atoms with van der Waals surface area (Å²) in [5.74, 6) is -0.801. The first-order valence-corrected chi connectivity index (χ1v) is 9.62. The number of aromatic carboxylic acids is 1. The number of carboxylic acids is 1. The Kier molecular flexibility index (Phi) is 5.11. The molecule has 7 heteroatoms. The van der Waals surface area contributed by atoms with E-state index in [1.807, 2.05) is 12.1 Å². The number of rotatable bonds is 4. The second kappa shape index (κ2) is 7.72. The van der Waals surface area contributed by atoms with Crippen molar-refractivity contribution in [3.63, 3.8) is 0 Å². The van der Waals surface area contributed by atoms with Crippen molar-refractivity contribution in [3.05, 3.63) is 70.8 Å². The van der Waals surface area contributed by atoms with Gasteiger partial charge in [-0.25, -0.2) is 9.80 Å². The van der Waals surface area contributed by atoms with E-state index in [4.69, 9.17) is 21.4 Å². The Labute approximate surface area is 173 Å². The number of carbonyl (C=O) groups excluding carboxylic acids is 1. The number of hydrogen-bond acceptors (Lipinski definition) is 4. The molecule has 0 unspecified atom stereocenters. The van der Waals surface area contributed by atoms with Gasteiger partial charge in [0.15, 0.2) is 0 Å². The highest BCUT2D eigenvalue weighted by Crippen LogP contribution is 2.37. The standard InChI is InChI=1S/C22H19ClN2O4/c1-29-19-11-8-14(12-18(19)23)20-16-4-2-3-5-17(16)21(26)25(24-20)15-9-6-13(7-10-15)22(27)28/h2-3,6-12,16-17H,4-5H2,1H3,(H,27,28)/t16-,17+/m1/s1. The van der Waals surface area contributed by atoms with Crippen LogP contribution in [0.1, 0.15) is 28.8 Å². The van der Waals surface area contributed by atoms with Crippen LogP contribution in [0.3, 0.4) is 0 Å². The lowest BCUT2D eigenvalue weighted by molar-refractivity contribution is -0.123. The fraction of sp³-hybridized carbons (Fsp3) is 0.227. The quantitative estimate of drug-likeness (QED) is 0.758. The second-order valence-corrected chi connectivity index (χ2v) is 7.40. The Morgan fingerprint density at radius 2 is 1.83 bits per heavy atom. The van der Waals surface area contributed by atoms with Gasteiger partial charge in [0.2, 0.25) is 0 Å². The van der Waals surface area contributed by atoms with E-state index in [1.54, 1.807) is 31.4 Å². The average Bonchev–Trinajstić information content (AvgIpc) is 2.74. The summed E-state index contributed by atoms with van der Waals surface area (Å²) in [6, 6.07) is 11.6. The van der Waals surface area contributed by atoms with Crippen LogP contribution in [0.2, 0.25) is 5.02 Å². The van der Waals surface area contributed by atoms with E-state index in [1.165, 1.54) is 17.1 Å². The van der Waals surface area contributed by atoms with Gasteiger partial charge in [0.05, 0.1) is 35.0 Å². The fourth-order valence-corrected chi connectivity index (χ4v) is 4.06. The normalized spacial score (nSPS) is 20.8. The van der Waals surface area contributed by atoms with Gasteiger partial charge < -0.3 is 9.84 Å². The molecule has 0 saturated carbocycles. The average molecular weight is 411 g/mol. The molecule has 2 atom stereocenters. The third kappa shape index (κ3) is 3.51. The highest BCUT2D eigenvalue weighted by molar-refractivity contribution is 6.32. The Hall–Kier alpha value is -3.12. The fourth-order valence-electron chi connectivity index (χ4n) is 3.81. The molecule has 29 heavy (non-hydrogen) atoms. The van der Waals surface area contributed by atoms with Crippen LogP contribution in [-0.4, -0.2) is 29.8 Å². The molecule has 0 bridgehead atoms. The number of carbonyl (C=O) groups is 2. The summed E-state index contributed by atoms with van der Waals surface area (Å²) in [6.45, 7) is 0. The Bertz CT molecular complexity index is 1030. The van der Waals surface area contributed by atoms with Gasteiger partial charge in [-0.15, -0.1) is 0 Å². The van der Waals surface area contributed by atoms with Crippen LogP contribution in [0, 0.1) is 11.8 Å². The molecule has 0 fully saturated rings. The zero-order chi connectivity index (χ0) is 20.5. The van der Waals surface area contributed by atoms with Crippen LogP contribution in [-0.2, 0) is 4.79 Å². The van der Waals surface area contributed by atoms with E-state index >= 15 is 0 Å². The van der Waals surface area contributed by atoms with Crippen LogP contribution < -0.4 is 9.75 Å². The van der Waals surface area contributed by atoms with Crippen molar-refractivity contribution >= 4 is 34.9 Å². The molecule has 0 saturated heterocycles. The molecule has 1 aliphatic carbocycles. The topological polar surface area (TPSA) is 79.2 Å². The maximum absolute atomic E-state index is 13.1. The van der Waals surface area contributed by atoms with Gasteiger partial charge in [0.1, 0.15) is 5.75 Å². The number of ether oxygens (including phenoxy) is 1. The lowest BCUT2D eigenvalue weighted by Gasteiger charge is -2.37. The molecule has 0 radical (unpaired) electrons. The Morgan fingerprint density at radius 3 is 2.45 bits per heavy atom. The van der Waals surface area contributed by atoms with Crippen LogP contribution >= 0.6 is 11.6 Å². The molecular weight excluding hydrogens is 392 g/mol. The predicted octanol–water partition coefficient (Wildman–Crippen LogP) is 4.38. The van der Waals surface area contributed by atoms with Crippen molar-refractivity contribution in [1.29, 1.82) is 0 Å². The maximum atomic E-state index is 13.1. The molecule has 0 spiro atoms. The smallest absolute Gasteiger partial charge is 0.335 e. The number of hydrogen-bond donors (Lipinski definition) is 1. The molecule has 1 heterocycles. The van der Waals surface area contributed by atoms with Crippen LogP contribution in [0.15, 0.2) is 59.7 Å². The van der Waals surface area contributed by atoms with E-state index in [0.29, 0.717) is 22.9 Å². The van der Waals surface area contributed by atoms with Crippen molar-refractivity contribution in [3.8, 4) is 5.75 Å². The first kappa shape index (κ1) is 19.2. The van der Waals surface area contributed by atoms with Gasteiger partial charge in [0.25, 0.3) is 5.91 Å². The summed E-state index contributed by atoms with van der Waals surface area (Å²) in [5, 5.41) is 15.6. The summed E-state index contributed by atoms with van der Waals surface area (Å²) in [6.07, 6.45) is 5.46. The van der Waals surface area contributed by atoms with Gasteiger partial charge in [-0.1, -0.05) is 23.8 Å². The summed E-state index contributed by atoms with van der Waals surface area (Å²) in [5.41, 5.74) is 2.31. The van der Waals surface area contributed by atoms with Crippen LogP contribution in [0.5, 0.6) is 5.75 Å². The number of carboxylic acid groups (broad SMARTS) is 1. The number of amides is 1. The molecule has 4 rings (SSSR count). The monoisotopic (exact) mass is 410 g/mol. The second-order valence-electron chi connectivity index (χ2n) is 6.99. The molecule has 1 aliphatic heterocycles. The molecule has 1 N–H and O–H groups in total. The molecular formula is C22H19ClN2O4. The van der Waals surface area contributed by atoms with Crippen molar-refractivity contribution in [2.75, 3.05) is 12.1 Å². The number of hydrazone groups is 1. The molecule has 148 valence electrons. The SMILES string of the molecule is COc1ccc(C2=NN(c3ccc(C(=O)O)cc3)C(=O)[C@H]3CC=CC[C@@H]23)cc1Cl. The third-order valence-electron chi connectivity index (χ3n) is 5.32. The number of benzene rings is 2. The minimum Gasteiger partial charge on any atom is -0.495 e. The largest absolute Gasteiger partial charge is 0.495 e. The lowest BCUT2D eigenvalue weighted by Crippen LogP contribution is -2.45. The minimum absolute atomic E-state index is 0.0356. The molecule has 2 aromatic rings. The van der Waals surface area contributed by atoms with Crippen LogP contribution in [0.25, 0.3) is 0 Å². The minimum atomic E-state index is -1.02. The van der Waals surface area contributed by atoms with E-state index in [-0.39, 0.29) is 23.3 Å². The van der Waals surface area contributed by atoms with Crippen molar-refractivity contribution in [1.82, 2.24) is 0 Å². The number of anilines is 1. The highest BCUT2D eigenvalue weighted by atomic mass is 35.5. The first-order chi connectivity index (χ1) is 14.0. The molecule has 0 aromatic heterocycles. The molecule has 6 nitrogen and oxygen atoms in total. The number of nitrogens with zero attached hydrogens (tertiary/aromatic N) is 2. The zero-order valence-electron chi connectivity index (χ0n) is 15.7. The van der Waals surface area contributed by atoms with Gasteiger partial charge in [-0.05, 0) is 60.9 Å². The number of halogens is 1. The molecule has 2 aromatic carbocycles. The van der Waals surface area contributed by atoms with Gasteiger partial charge >= 0.3 is 5.97 Å². The number of allylic oxidation sites excluding steroid dienone is 2. The number of fused-ring (bicyclic) bond motifs is 1. The summed E-state index contributed by atoms with van der Waals surface area (Å²) in [7, 11) is 1.56. The summed E-state index contributed by atoms with van der Waals surface area (Å²) in [4.78, 5) is 24.3. The zero-order valence-corrected chi connectivity index (χ0v) is 16.5. The Morgan fingerprint density at radius 1 is 1.14 bits per heavy atom. The Balaban J connectivity index is 1.79. The highest BCUT2D eigenvalue weighted by Gasteiger charge is 2.40. The first-order valence-electron chi connectivity index (χ1n) is 9.24. The van der Waals surface area contributed by atoms with Gasteiger partial charge in [-0.2, -0.15) is 5.10 Å². The maximum Gasteiger partial charge on any atom is 0.335 e.